The fraction of sp³-hybridized carbons (Fsp3) is 0.500. The molecule has 166 valence electrons. The Morgan fingerprint density at radius 1 is 0.742 bits per heavy atom. The monoisotopic (exact) mass is 442 g/mol. The Bertz CT molecular complexity index is 764. The van der Waals surface area contributed by atoms with E-state index in [0.717, 1.165) is 51.6 Å². The molecule has 1 N–H and O–H groups in total. The van der Waals surface area contributed by atoms with Crippen molar-refractivity contribution in [3.05, 3.63) is 59.7 Å². The largest absolute Gasteiger partial charge is 0.387 e. The maximum atomic E-state index is 9.79. The van der Waals surface area contributed by atoms with Crippen molar-refractivity contribution in [3.8, 4) is 0 Å². The molecule has 7 heteroatoms. The van der Waals surface area contributed by atoms with Crippen LogP contribution in [0.3, 0.4) is 0 Å². The van der Waals surface area contributed by atoms with Gasteiger partial charge in [-0.1, -0.05) is 24.3 Å². The van der Waals surface area contributed by atoms with Crippen LogP contribution in [-0.2, 0) is 20.6 Å². The Morgan fingerprint density at radius 3 is 1.52 bits per heavy atom. The van der Waals surface area contributed by atoms with Crippen LogP contribution < -0.4 is 9.80 Å². The molecule has 3 aliphatic heterocycles. The third-order valence-corrected chi connectivity index (χ3v) is 6.11. The summed E-state index contributed by atoms with van der Waals surface area (Å²) in [6, 6.07) is 17.5. The molecular formula is C24H31N2O4P. The van der Waals surface area contributed by atoms with Crippen LogP contribution in [-0.4, -0.2) is 75.3 Å². The zero-order valence-electron chi connectivity index (χ0n) is 17.7. The van der Waals surface area contributed by atoms with Gasteiger partial charge in [-0.3, -0.25) is 0 Å². The van der Waals surface area contributed by atoms with Crippen molar-refractivity contribution in [2.75, 3.05) is 55.8 Å². The molecule has 3 fully saturated rings. The highest BCUT2D eigenvalue weighted by molar-refractivity contribution is 7.17. The van der Waals surface area contributed by atoms with E-state index in [1.54, 1.807) is 0 Å². The summed E-state index contributed by atoms with van der Waals surface area (Å²) < 4.78 is 16.2. The van der Waals surface area contributed by atoms with Gasteiger partial charge in [0, 0.05) is 37.6 Å². The van der Waals surface area contributed by atoms with Gasteiger partial charge in [0.15, 0.2) is 0 Å². The van der Waals surface area contributed by atoms with Crippen LogP contribution in [0.1, 0.15) is 11.1 Å². The Kier molecular flexibility index (Phi) is 6.44. The molecule has 2 aromatic rings. The molecule has 0 saturated carbocycles. The first-order valence-corrected chi connectivity index (χ1v) is 11.8. The molecule has 3 saturated heterocycles. The molecule has 0 bridgehead atoms. The van der Waals surface area contributed by atoms with Crippen molar-refractivity contribution >= 4 is 20.6 Å². The summed E-state index contributed by atoms with van der Waals surface area (Å²) in [5.41, 5.74) is 4.93. The van der Waals surface area contributed by atoms with Gasteiger partial charge >= 0.3 is 0 Å². The van der Waals surface area contributed by atoms with Crippen molar-refractivity contribution in [3.63, 3.8) is 0 Å². The number of rotatable bonds is 12. The van der Waals surface area contributed by atoms with Crippen LogP contribution in [0.15, 0.2) is 48.5 Å². The minimum atomic E-state index is -0.450. The van der Waals surface area contributed by atoms with Gasteiger partial charge in [-0.2, -0.15) is 0 Å². The summed E-state index contributed by atoms with van der Waals surface area (Å²) in [6.45, 7) is 5.84. The minimum absolute atomic E-state index is 0.291. The lowest BCUT2D eigenvalue weighted by Crippen LogP contribution is -2.33. The number of aliphatic hydroxyl groups is 1. The topological polar surface area (TPSA) is 64.3 Å². The van der Waals surface area contributed by atoms with Gasteiger partial charge in [0.1, 0.15) is 0 Å². The number of hydrogen-bond donors (Lipinski definition) is 1. The minimum Gasteiger partial charge on any atom is -0.387 e. The van der Waals surface area contributed by atoms with Crippen molar-refractivity contribution in [1.82, 2.24) is 0 Å². The molecule has 0 aromatic heterocycles. The molecule has 0 aliphatic carbocycles. The second-order valence-electron chi connectivity index (χ2n) is 8.75. The van der Waals surface area contributed by atoms with E-state index in [1.165, 1.54) is 16.8 Å². The van der Waals surface area contributed by atoms with Gasteiger partial charge in [0.25, 0.3) is 0 Å². The van der Waals surface area contributed by atoms with Crippen LogP contribution in [0.25, 0.3) is 0 Å². The van der Waals surface area contributed by atoms with Crippen molar-refractivity contribution in [2.24, 2.45) is 0 Å². The molecular weight excluding hydrogens is 411 g/mol. The molecule has 3 heterocycles. The van der Waals surface area contributed by atoms with Gasteiger partial charge < -0.3 is 29.1 Å². The fourth-order valence-corrected chi connectivity index (χ4v) is 4.19. The summed E-state index contributed by atoms with van der Waals surface area (Å²) in [5.74, 6) is -0.450. The predicted molar refractivity (Wildman–Crippen MR) is 125 cm³/mol. The first kappa shape index (κ1) is 21.2. The number of anilines is 2. The van der Waals surface area contributed by atoms with Crippen LogP contribution in [0.2, 0.25) is 0 Å². The van der Waals surface area contributed by atoms with E-state index in [1.807, 2.05) is 0 Å². The van der Waals surface area contributed by atoms with Crippen LogP contribution in [0.4, 0.5) is 11.4 Å². The number of epoxide rings is 3. The number of benzene rings is 2. The normalized spacial score (nSPS) is 24.5. The SMILES string of the molecule is OC(P)CN(CC1CO1)c1ccc(Cc2ccc(N(CC3CO3)CC3CO3)cc2)cc1. The third-order valence-electron chi connectivity index (χ3n) is 5.90. The number of aliphatic hydroxyl groups excluding tert-OH is 1. The van der Waals surface area contributed by atoms with Gasteiger partial charge in [-0.05, 0) is 41.8 Å². The molecule has 2 aromatic carbocycles. The zero-order chi connectivity index (χ0) is 21.2. The average molecular weight is 442 g/mol. The maximum Gasteiger partial charge on any atom is 0.0984 e. The highest BCUT2D eigenvalue weighted by atomic mass is 31.0. The van der Waals surface area contributed by atoms with E-state index in [4.69, 9.17) is 14.2 Å². The standard InChI is InChI=1S/C24H31N2O4P/c27-24(31)13-26(12-23-16-30-23)20-7-3-18(4-8-20)9-17-1-5-19(6-2-17)25(10-21-14-28-21)11-22-15-29-22/h1-8,21-24,27H,9-16,31H2. The fourth-order valence-electron chi connectivity index (χ4n) is 3.94. The van der Waals surface area contributed by atoms with Gasteiger partial charge in [0.2, 0.25) is 0 Å². The van der Waals surface area contributed by atoms with Crippen LogP contribution in [0, 0.1) is 0 Å². The Labute approximate surface area is 186 Å². The lowest BCUT2D eigenvalue weighted by Gasteiger charge is -2.25. The van der Waals surface area contributed by atoms with E-state index in [0.29, 0.717) is 24.9 Å². The molecule has 0 amide bonds. The molecule has 0 spiro atoms. The average Bonchev–Trinajstić information content (AvgIpc) is 3.59. The molecule has 5 unspecified atom stereocenters. The van der Waals surface area contributed by atoms with E-state index in [2.05, 4.69) is 67.6 Å². The molecule has 6 nitrogen and oxygen atoms in total. The number of nitrogens with zero attached hydrogens (tertiary/aromatic N) is 2. The quantitative estimate of drug-likeness (QED) is 0.402. The first-order valence-electron chi connectivity index (χ1n) is 11.1. The zero-order valence-corrected chi connectivity index (χ0v) is 18.9. The summed E-state index contributed by atoms with van der Waals surface area (Å²) >= 11 is 0. The van der Waals surface area contributed by atoms with E-state index in [-0.39, 0.29) is 0 Å². The summed E-state index contributed by atoms with van der Waals surface area (Å²) in [5, 5.41) is 9.79. The smallest absolute Gasteiger partial charge is 0.0984 e. The summed E-state index contributed by atoms with van der Waals surface area (Å²) in [6.07, 6.45) is 1.93. The lowest BCUT2D eigenvalue weighted by atomic mass is 10.0. The summed E-state index contributed by atoms with van der Waals surface area (Å²) in [4.78, 5) is 4.57. The van der Waals surface area contributed by atoms with Crippen LogP contribution >= 0.6 is 9.24 Å². The van der Waals surface area contributed by atoms with Crippen LogP contribution in [0.5, 0.6) is 0 Å². The molecule has 0 radical (unpaired) electrons. The Hall–Kier alpha value is -1.69. The summed E-state index contributed by atoms with van der Waals surface area (Å²) in [7, 11) is 2.46. The second-order valence-corrected chi connectivity index (χ2v) is 9.52. The van der Waals surface area contributed by atoms with Gasteiger partial charge in [-0.15, -0.1) is 9.24 Å². The highest BCUT2D eigenvalue weighted by Gasteiger charge is 2.31. The Balaban J connectivity index is 1.21. The van der Waals surface area contributed by atoms with E-state index >= 15 is 0 Å². The second kappa shape index (κ2) is 9.43. The maximum absolute atomic E-state index is 9.79. The van der Waals surface area contributed by atoms with Crippen molar-refractivity contribution < 1.29 is 19.3 Å². The highest BCUT2D eigenvalue weighted by Crippen LogP contribution is 2.25. The first-order chi connectivity index (χ1) is 15.1. The van der Waals surface area contributed by atoms with Crippen molar-refractivity contribution in [1.29, 1.82) is 0 Å². The lowest BCUT2D eigenvalue weighted by molar-refractivity contribution is 0.265. The van der Waals surface area contributed by atoms with E-state index in [9.17, 15) is 5.11 Å². The number of ether oxygens (including phenoxy) is 3. The van der Waals surface area contributed by atoms with Crippen molar-refractivity contribution in [2.45, 2.75) is 30.6 Å². The Morgan fingerprint density at radius 2 is 1.13 bits per heavy atom. The third kappa shape index (κ3) is 6.41. The van der Waals surface area contributed by atoms with Gasteiger partial charge in [0.05, 0.1) is 44.0 Å². The number of hydrogen-bond acceptors (Lipinski definition) is 6. The molecule has 5 rings (SSSR count). The van der Waals surface area contributed by atoms with E-state index < -0.39 is 5.85 Å². The molecule has 3 aliphatic rings. The molecule has 5 atom stereocenters. The predicted octanol–water partition coefficient (Wildman–Crippen LogP) is 2.28. The molecule has 31 heavy (non-hydrogen) atoms. The van der Waals surface area contributed by atoms with Gasteiger partial charge in [-0.25, -0.2) is 0 Å².